The minimum absolute atomic E-state index is 0.0173. The highest BCUT2D eigenvalue weighted by Gasteiger charge is 2.19. The Morgan fingerprint density at radius 3 is 1.42 bits per heavy atom. The quantitative estimate of drug-likeness (QED) is 0.0273. The summed E-state index contributed by atoms with van der Waals surface area (Å²) >= 11 is 0. The molecule has 0 aliphatic heterocycles. The molecule has 330 valence electrons. The van der Waals surface area contributed by atoms with Crippen LogP contribution in [0.2, 0.25) is 0 Å². The van der Waals surface area contributed by atoms with E-state index in [0.717, 1.165) is 77.0 Å². The van der Waals surface area contributed by atoms with Crippen LogP contribution in [0.5, 0.6) is 0 Å². The normalized spacial score (nSPS) is 12.8. The van der Waals surface area contributed by atoms with Crippen molar-refractivity contribution in [2.45, 2.75) is 231 Å². The molecule has 0 aromatic carbocycles. The number of aliphatic hydroxyl groups is 1. The SMILES string of the molecule is CCCCCCC/C=C\C/C=C\C/C=C\CCCCCCCCC(=O)OC(CCCCCCCCCC)CCCCCCCC(=O)NCC(=O)NC(CO)C(=O)O. The van der Waals surface area contributed by atoms with Gasteiger partial charge in [0.15, 0.2) is 0 Å². The molecule has 0 aromatic heterocycles. The Labute approximate surface area is 348 Å². The Hall–Kier alpha value is -2.94. The van der Waals surface area contributed by atoms with E-state index >= 15 is 0 Å². The van der Waals surface area contributed by atoms with E-state index in [0.29, 0.717) is 19.3 Å². The molecule has 0 aromatic rings. The molecule has 2 unspecified atom stereocenters. The zero-order valence-corrected chi connectivity index (χ0v) is 36.6. The number of aliphatic hydroxyl groups excluding tert-OH is 1. The van der Waals surface area contributed by atoms with Crippen molar-refractivity contribution in [3.8, 4) is 0 Å². The Bertz CT molecular complexity index is 1060. The maximum Gasteiger partial charge on any atom is 0.328 e. The maximum atomic E-state index is 12.8. The van der Waals surface area contributed by atoms with E-state index in [-0.39, 0.29) is 24.5 Å². The molecular weight excluding hydrogens is 717 g/mol. The standard InChI is InChI=1S/C48H86N2O7/c1-3-5-7-9-11-13-14-15-16-17-18-19-20-21-22-23-24-25-27-32-36-40-47(54)57-43(37-33-29-26-12-10-8-6-4-2)38-34-30-28-31-35-39-45(52)49-41-46(53)50-44(42-51)48(55)56/h14-15,17-18,20-21,43-44,51H,3-13,16,19,22-42H2,1-2H3,(H,49,52)(H,50,53)(H,55,56)/b15-14-,18-17-,21-20-. The number of esters is 1. The molecule has 0 spiro atoms. The molecule has 0 saturated carbocycles. The van der Waals surface area contributed by atoms with Crippen LogP contribution in [0.3, 0.4) is 0 Å². The molecule has 0 saturated heterocycles. The smallest absolute Gasteiger partial charge is 0.328 e. The molecule has 0 bridgehead atoms. The number of nitrogens with one attached hydrogen (secondary N) is 2. The predicted molar refractivity (Wildman–Crippen MR) is 236 cm³/mol. The van der Waals surface area contributed by atoms with Gasteiger partial charge < -0.3 is 25.6 Å². The third kappa shape index (κ3) is 39.7. The fourth-order valence-electron chi connectivity index (χ4n) is 6.78. The van der Waals surface area contributed by atoms with E-state index in [1.807, 2.05) is 0 Å². The molecular formula is C48H86N2O7. The summed E-state index contributed by atoms with van der Waals surface area (Å²) in [6, 6.07) is -1.38. The highest BCUT2D eigenvalue weighted by molar-refractivity contribution is 5.87. The van der Waals surface area contributed by atoms with Gasteiger partial charge in [0, 0.05) is 12.8 Å². The van der Waals surface area contributed by atoms with E-state index in [1.54, 1.807) is 0 Å². The summed E-state index contributed by atoms with van der Waals surface area (Å²) in [6.45, 7) is 3.47. The van der Waals surface area contributed by atoms with Gasteiger partial charge in [-0.1, -0.05) is 166 Å². The second-order valence-corrected chi connectivity index (χ2v) is 15.8. The van der Waals surface area contributed by atoms with Crippen molar-refractivity contribution in [1.29, 1.82) is 0 Å². The zero-order valence-electron chi connectivity index (χ0n) is 36.6. The first-order valence-corrected chi connectivity index (χ1v) is 23.4. The number of carboxylic acids is 1. The number of carboxylic acid groups (broad SMARTS) is 1. The number of rotatable bonds is 42. The second-order valence-electron chi connectivity index (χ2n) is 15.8. The second kappa shape index (κ2) is 42.7. The van der Waals surface area contributed by atoms with Gasteiger partial charge in [-0.3, -0.25) is 14.4 Å². The topological polar surface area (TPSA) is 142 Å². The van der Waals surface area contributed by atoms with Crippen molar-refractivity contribution in [3.63, 3.8) is 0 Å². The lowest BCUT2D eigenvalue weighted by molar-refractivity contribution is -0.150. The Kier molecular flexibility index (Phi) is 40.5. The maximum absolute atomic E-state index is 12.8. The van der Waals surface area contributed by atoms with Gasteiger partial charge in [-0.25, -0.2) is 4.79 Å². The lowest BCUT2D eigenvalue weighted by atomic mass is 10.0. The lowest BCUT2D eigenvalue weighted by Crippen LogP contribution is -2.47. The van der Waals surface area contributed by atoms with Crippen molar-refractivity contribution in [3.05, 3.63) is 36.5 Å². The molecule has 57 heavy (non-hydrogen) atoms. The number of ether oxygens (including phenoxy) is 1. The zero-order chi connectivity index (χ0) is 41.9. The molecule has 9 nitrogen and oxygen atoms in total. The van der Waals surface area contributed by atoms with Crippen molar-refractivity contribution >= 4 is 23.8 Å². The van der Waals surface area contributed by atoms with Crippen molar-refractivity contribution in [2.24, 2.45) is 0 Å². The third-order valence-corrected chi connectivity index (χ3v) is 10.4. The monoisotopic (exact) mass is 803 g/mol. The van der Waals surface area contributed by atoms with Crippen molar-refractivity contribution < 1.29 is 34.1 Å². The van der Waals surface area contributed by atoms with E-state index < -0.39 is 24.5 Å². The first-order valence-electron chi connectivity index (χ1n) is 23.4. The molecule has 0 aliphatic rings. The predicted octanol–water partition coefficient (Wildman–Crippen LogP) is 11.8. The third-order valence-electron chi connectivity index (χ3n) is 10.4. The molecule has 2 atom stereocenters. The number of aliphatic carboxylic acids is 1. The van der Waals surface area contributed by atoms with Gasteiger partial charge in [-0.05, 0) is 77.0 Å². The molecule has 0 radical (unpaired) electrons. The van der Waals surface area contributed by atoms with Crippen LogP contribution in [0, 0.1) is 0 Å². The summed E-state index contributed by atoms with van der Waals surface area (Å²) in [4.78, 5) is 47.6. The summed E-state index contributed by atoms with van der Waals surface area (Å²) < 4.78 is 6.02. The van der Waals surface area contributed by atoms with Gasteiger partial charge in [0.2, 0.25) is 11.8 Å². The number of unbranched alkanes of at least 4 members (excludes halogenated alkanes) is 22. The molecule has 0 heterocycles. The van der Waals surface area contributed by atoms with Gasteiger partial charge >= 0.3 is 11.9 Å². The lowest BCUT2D eigenvalue weighted by Gasteiger charge is -2.18. The molecule has 0 rings (SSSR count). The van der Waals surface area contributed by atoms with Gasteiger partial charge in [0.05, 0.1) is 13.2 Å². The minimum Gasteiger partial charge on any atom is -0.480 e. The van der Waals surface area contributed by atoms with E-state index in [4.69, 9.17) is 14.9 Å². The summed E-state index contributed by atoms with van der Waals surface area (Å²) in [7, 11) is 0. The van der Waals surface area contributed by atoms with Crippen LogP contribution in [0.25, 0.3) is 0 Å². The van der Waals surface area contributed by atoms with Crippen LogP contribution in [0.15, 0.2) is 36.5 Å². The average Bonchev–Trinajstić information content (AvgIpc) is 3.20. The van der Waals surface area contributed by atoms with Crippen LogP contribution in [-0.2, 0) is 23.9 Å². The summed E-state index contributed by atoms with van der Waals surface area (Å²) in [5.74, 6) is -2.30. The Morgan fingerprint density at radius 2 is 0.947 bits per heavy atom. The van der Waals surface area contributed by atoms with Crippen molar-refractivity contribution in [1.82, 2.24) is 10.6 Å². The van der Waals surface area contributed by atoms with Crippen LogP contribution < -0.4 is 10.6 Å². The molecule has 4 N–H and O–H groups in total. The summed E-state index contributed by atoms with van der Waals surface area (Å²) in [6.07, 6.45) is 48.9. The number of hydrogen-bond donors (Lipinski definition) is 4. The first-order chi connectivity index (χ1) is 27.8. The first kappa shape index (κ1) is 54.1. The molecule has 9 heteroatoms. The average molecular weight is 803 g/mol. The fraction of sp³-hybridized carbons (Fsp3) is 0.792. The van der Waals surface area contributed by atoms with Gasteiger partial charge in [-0.15, -0.1) is 0 Å². The fourth-order valence-corrected chi connectivity index (χ4v) is 6.78. The molecule has 0 fully saturated rings. The van der Waals surface area contributed by atoms with Gasteiger partial charge in [0.1, 0.15) is 12.1 Å². The largest absolute Gasteiger partial charge is 0.480 e. The summed E-state index contributed by atoms with van der Waals surface area (Å²) in [5.41, 5.74) is 0. The van der Waals surface area contributed by atoms with Crippen LogP contribution in [0.1, 0.15) is 219 Å². The van der Waals surface area contributed by atoms with Crippen LogP contribution in [0.4, 0.5) is 0 Å². The number of carbonyl (C=O) groups is 4. The van der Waals surface area contributed by atoms with Gasteiger partial charge in [-0.2, -0.15) is 0 Å². The highest BCUT2D eigenvalue weighted by Crippen LogP contribution is 2.19. The number of hydrogen-bond acceptors (Lipinski definition) is 6. The van der Waals surface area contributed by atoms with E-state index in [1.165, 1.54) is 109 Å². The number of allylic oxidation sites excluding steroid dienone is 6. The van der Waals surface area contributed by atoms with Crippen molar-refractivity contribution in [2.75, 3.05) is 13.2 Å². The molecule has 2 amide bonds. The van der Waals surface area contributed by atoms with Crippen LogP contribution >= 0.6 is 0 Å². The Balaban J connectivity index is 4.17. The highest BCUT2D eigenvalue weighted by atomic mass is 16.5. The van der Waals surface area contributed by atoms with E-state index in [9.17, 15) is 19.2 Å². The minimum atomic E-state index is -1.38. The van der Waals surface area contributed by atoms with Gasteiger partial charge in [0.25, 0.3) is 0 Å². The van der Waals surface area contributed by atoms with Crippen LogP contribution in [-0.4, -0.2) is 59.3 Å². The number of carbonyl (C=O) groups excluding carboxylic acids is 3. The van der Waals surface area contributed by atoms with E-state index in [2.05, 4.69) is 60.9 Å². The number of amides is 2. The Morgan fingerprint density at radius 1 is 0.526 bits per heavy atom. The summed E-state index contributed by atoms with van der Waals surface area (Å²) in [5, 5.41) is 22.6. The molecule has 0 aliphatic carbocycles.